The molecule has 0 saturated heterocycles. The first-order valence-electron chi connectivity index (χ1n) is 24.2. The number of fused-ring (bicyclic) bond motifs is 1. The molecule has 1 aromatic heterocycles. The van der Waals surface area contributed by atoms with Crippen molar-refractivity contribution < 1.29 is 58.5 Å². The van der Waals surface area contributed by atoms with Gasteiger partial charge >= 0.3 is 11.9 Å². The monoisotopic (exact) mass is 986 g/mol. The van der Waals surface area contributed by atoms with Crippen LogP contribution >= 0.6 is 0 Å². The van der Waals surface area contributed by atoms with Crippen molar-refractivity contribution >= 4 is 64.2 Å². The molecule has 13 N–H and O–H groups in total. The van der Waals surface area contributed by atoms with E-state index < -0.39 is 114 Å². The normalized spacial score (nSPS) is 15.5. The molecule has 21 heteroatoms. The first-order valence-corrected chi connectivity index (χ1v) is 24.2. The van der Waals surface area contributed by atoms with Crippen LogP contribution in [0.3, 0.4) is 0 Å². The fraction of sp³-hybridized carbons (Fsp3) is 0.653. The van der Waals surface area contributed by atoms with Crippen LogP contribution in [0.5, 0.6) is 0 Å². The number of aliphatic hydroxyl groups is 1. The van der Waals surface area contributed by atoms with Crippen LogP contribution in [0.2, 0.25) is 0 Å². The zero-order chi connectivity index (χ0) is 53.2. The van der Waals surface area contributed by atoms with Crippen LogP contribution in [0.1, 0.15) is 120 Å². The molecule has 9 atom stereocenters. The molecule has 2 rings (SSSR count). The van der Waals surface area contributed by atoms with Gasteiger partial charge in [0.25, 0.3) is 0 Å². The smallest absolute Gasteiger partial charge is 0.326 e. The number of amides is 7. The van der Waals surface area contributed by atoms with Gasteiger partial charge in [-0.2, -0.15) is 0 Å². The molecule has 2 aromatic rings. The third-order valence-electron chi connectivity index (χ3n) is 11.2. The third kappa shape index (κ3) is 20.5. The summed E-state index contributed by atoms with van der Waals surface area (Å²) in [4.78, 5) is 124. The molecule has 0 fully saturated rings. The molecule has 0 unspecified atom stereocenters. The number of nitrogens with one attached hydrogen (secondary N) is 8. The lowest BCUT2D eigenvalue weighted by molar-refractivity contribution is -0.142. The van der Waals surface area contributed by atoms with E-state index in [1.807, 2.05) is 45.9 Å². The van der Waals surface area contributed by atoms with E-state index in [4.69, 9.17) is 5.73 Å². The van der Waals surface area contributed by atoms with Crippen LogP contribution in [0.25, 0.3) is 10.9 Å². The van der Waals surface area contributed by atoms with Gasteiger partial charge in [-0.3, -0.25) is 38.4 Å². The predicted molar refractivity (Wildman–Crippen MR) is 262 cm³/mol. The number of rotatable bonds is 30. The third-order valence-corrected chi connectivity index (χ3v) is 11.2. The molecule has 0 aliphatic rings. The number of H-pyrrole nitrogens is 1. The Morgan fingerprint density at radius 3 is 1.13 bits per heavy atom. The average molecular weight is 986 g/mol. The van der Waals surface area contributed by atoms with Crippen molar-refractivity contribution in [2.24, 2.45) is 35.3 Å². The van der Waals surface area contributed by atoms with Gasteiger partial charge in [-0.05, 0) is 80.2 Å². The Morgan fingerprint density at radius 1 is 0.486 bits per heavy atom. The predicted octanol–water partition coefficient (Wildman–Crippen LogP) is 1.60. The summed E-state index contributed by atoms with van der Waals surface area (Å²) < 4.78 is 0. The molecular formula is C49H79N9O12. The number of nitrogens with two attached hydrogens (primary N) is 1. The molecule has 0 saturated carbocycles. The lowest BCUT2D eigenvalue weighted by Gasteiger charge is -2.29. The lowest BCUT2D eigenvalue weighted by atomic mass is 9.98. The molecule has 0 aliphatic heterocycles. The Kier molecular flexibility index (Phi) is 24.5. The average Bonchev–Trinajstić information content (AvgIpc) is 3.65. The van der Waals surface area contributed by atoms with Crippen molar-refractivity contribution in [1.82, 2.24) is 42.2 Å². The van der Waals surface area contributed by atoms with Crippen molar-refractivity contribution in [3.8, 4) is 0 Å². The highest BCUT2D eigenvalue weighted by molar-refractivity contribution is 5.98. The van der Waals surface area contributed by atoms with Crippen LogP contribution in [0.15, 0.2) is 30.5 Å². The molecule has 0 bridgehead atoms. The van der Waals surface area contributed by atoms with Crippen molar-refractivity contribution in [2.75, 3.05) is 0 Å². The highest BCUT2D eigenvalue weighted by atomic mass is 16.4. The molecule has 1 aromatic carbocycles. The number of hydrogen-bond acceptors (Lipinski definition) is 11. The minimum Gasteiger partial charge on any atom is -0.481 e. The molecule has 1 heterocycles. The van der Waals surface area contributed by atoms with Crippen LogP contribution in [-0.4, -0.2) is 128 Å². The van der Waals surface area contributed by atoms with Crippen molar-refractivity contribution in [2.45, 2.75) is 176 Å². The van der Waals surface area contributed by atoms with Gasteiger partial charge in [0.15, 0.2) is 0 Å². The highest BCUT2D eigenvalue weighted by Crippen LogP contribution is 2.20. The number of aliphatic carboxylic acids is 2. The number of para-hydroxylation sites is 1. The van der Waals surface area contributed by atoms with E-state index in [9.17, 15) is 58.5 Å². The molecular weight excluding hydrogens is 907 g/mol. The highest BCUT2D eigenvalue weighted by Gasteiger charge is 2.36. The summed E-state index contributed by atoms with van der Waals surface area (Å²) in [5.74, 6) is -9.39. The van der Waals surface area contributed by atoms with Crippen molar-refractivity contribution in [1.29, 1.82) is 0 Å². The number of carboxylic acid groups (broad SMARTS) is 2. The SMILES string of the molecule is CC(C)C[C@H](NC(=O)[C@H](CC(C)C)NC(=O)[C@H](CC(=O)O)NC(=O)[C@H](CC(C)C)NC(=O)[C@H](CC(C)C)NC(=O)[C@H](CC(C)C)NC(=O)[C@@H](N)[C@@H](C)O)C(=O)N[C@@H](Cc1c[nH]c2ccccc12)C(=O)O. The lowest BCUT2D eigenvalue weighted by Crippen LogP contribution is -2.61. The summed E-state index contributed by atoms with van der Waals surface area (Å²) in [6, 6.07) is -3.41. The van der Waals surface area contributed by atoms with E-state index in [0.717, 1.165) is 10.9 Å². The van der Waals surface area contributed by atoms with Gasteiger partial charge in [0, 0.05) is 23.5 Å². The Bertz CT molecular complexity index is 2100. The molecule has 392 valence electrons. The van der Waals surface area contributed by atoms with Crippen molar-refractivity contribution in [3.63, 3.8) is 0 Å². The Labute approximate surface area is 410 Å². The topological polar surface area (TPSA) is 340 Å². The Morgan fingerprint density at radius 2 is 0.800 bits per heavy atom. The fourth-order valence-electron chi connectivity index (χ4n) is 7.74. The second-order valence-electron chi connectivity index (χ2n) is 20.3. The number of carboxylic acids is 2. The number of benzene rings is 1. The molecule has 70 heavy (non-hydrogen) atoms. The largest absolute Gasteiger partial charge is 0.481 e. The van der Waals surface area contributed by atoms with E-state index in [1.165, 1.54) is 6.92 Å². The first-order chi connectivity index (χ1) is 32.6. The van der Waals surface area contributed by atoms with Crippen molar-refractivity contribution in [3.05, 3.63) is 36.0 Å². The van der Waals surface area contributed by atoms with E-state index in [2.05, 4.69) is 42.2 Å². The number of carbonyl (C=O) groups excluding carboxylic acids is 7. The summed E-state index contributed by atoms with van der Waals surface area (Å²) in [5.41, 5.74) is 7.24. The van der Waals surface area contributed by atoms with Gasteiger partial charge in [-0.1, -0.05) is 87.4 Å². The molecule has 7 amide bonds. The zero-order valence-electron chi connectivity index (χ0n) is 42.5. The van der Waals surface area contributed by atoms with Crippen LogP contribution in [0.4, 0.5) is 0 Å². The Hall–Kier alpha value is -6.09. The molecule has 0 radical (unpaired) electrons. The number of hydrogen-bond donors (Lipinski definition) is 12. The number of aromatic amines is 1. The fourth-order valence-corrected chi connectivity index (χ4v) is 7.74. The summed E-state index contributed by atoms with van der Waals surface area (Å²) >= 11 is 0. The summed E-state index contributed by atoms with van der Waals surface area (Å²) in [6.45, 7) is 19.3. The van der Waals surface area contributed by atoms with Gasteiger partial charge in [0.05, 0.1) is 12.5 Å². The second kappa shape index (κ2) is 28.5. The summed E-state index contributed by atoms with van der Waals surface area (Å²) in [5, 5.41) is 48.7. The number of aliphatic hydroxyl groups excluding tert-OH is 1. The molecule has 0 aliphatic carbocycles. The van der Waals surface area contributed by atoms with Gasteiger partial charge in [0.2, 0.25) is 41.4 Å². The zero-order valence-corrected chi connectivity index (χ0v) is 42.5. The maximum Gasteiger partial charge on any atom is 0.326 e. The van der Waals surface area contributed by atoms with Crippen LogP contribution < -0.4 is 43.0 Å². The van der Waals surface area contributed by atoms with E-state index >= 15 is 0 Å². The van der Waals surface area contributed by atoms with Gasteiger partial charge in [0.1, 0.15) is 48.3 Å². The van der Waals surface area contributed by atoms with E-state index in [0.29, 0.717) is 5.56 Å². The van der Waals surface area contributed by atoms with Crippen LogP contribution in [-0.2, 0) is 49.6 Å². The van der Waals surface area contributed by atoms with Gasteiger partial charge in [-0.25, -0.2) is 4.79 Å². The van der Waals surface area contributed by atoms with Crippen LogP contribution in [0, 0.1) is 29.6 Å². The maximum atomic E-state index is 14.0. The molecule has 0 spiro atoms. The minimum atomic E-state index is -1.76. The standard InChI is InChI=1S/C49H79N9O12/c1-24(2)16-33(53-45(65)37(20-28(9)10)57-48(68)41(50)29(11)59)42(62)52-35(18-26(5)6)44(64)56-38(22-40(60)61)47(67)55-34(17-25(3)4)43(63)54-36(19-27(7)8)46(66)58-39(49(69)70)21-30-23-51-32-15-13-12-14-31(30)32/h12-15,23-29,33-39,41,51,59H,16-22,50H2,1-11H3,(H,52,62)(H,53,65)(H,54,63)(H,55,67)(H,56,64)(H,57,68)(H,58,66)(H,60,61)(H,69,70)/t29-,33+,34+,35+,36+,37+,38+,39+,41+/m1/s1. The van der Waals surface area contributed by atoms with E-state index in [-0.39, 0.29) is 68.1 Å². The number of carbonyl (C=O) groups is 9. The quantitative estimate of drug-likeness (QED) is 0.0530. The van der Waals surface area contributed by atoms with Gasteiger partial charge < -0.3 is 63.3 Å². The minimum absolute atomic E-state index is 0.0176. The van der Waals surface area contributed by atoms with Gasteiger partial charge in [-0.15, -0.1) is 0 Å². The Balaban J connectivity index is 2.35. The number of aromatic nitrogens is 1. The van der Waals surface area contributed by atoms with E-state index in [1.54, 1.807) is 53.8 Å². The second-order valence-corrected chi connectivity index (χ2v) is 20.3. The summed E-state index contributed by atoms with van der Waals surface area (Å²) in [6.07, 6.45) is -0.113. The maximum absolute atomic E-state index is 14.0. The summed E-state index contributed by atoms with van der Waals surface area (Å²) in [7, 11) is 0. The first kappa shape index (κ1) is 60.0. The molecule has 21 nitrogen and oxygen atoms in total.